The number of carbonyl (C=O) groups excluding carboxylic acids is 2. The van der Waals surface area contributed by atoms with Crippen molar-refractivity contribution in [2.75, 3.05) is 23.8 Å². The minimum absolute atomic E-state index is 0.0119. The van der Waals surface area contributed by atoms with E-state index in [9.17, 15) is 9.59 Å². The summed E-state index contributed by atoms with van der Waals surface area (Å²) in [5.74, 6) is 1.10. The van der Waals surface area contributed by atoms with Crippen LogP contribution in [0.5, 0.6) is 11.5 Å². The van der Waals surface area contributed by atoms with Gasteiger partial charge >= 0.3 is 0 Å². The summed E-state index contributed by atoms with van der Waals surface area (Å²) in [6.07, 6.45) is 0.927. The van der Waals surface area contributed by atoms with Crippen LogP contribution in [0.4, 0.5) is 11.4 Å². The number of fused-ring (bicyclic) bond motifs is 1. The molecule has 0 atom stereocenters. The molecule has 1 heterocycles. The topological polar surface area (TPSA) is 76.7 Å². The molecule has 0 aromatic heterocycles. The van der Waals surface area contributed by atoms with Gasteiger partial charge in [-0.25, -0.2) is 0 Å². The highest BCUT2D eigenvalue weighted by Crippen LogP contribution is 2.30. The van der Waals surface area contributed by atoms with E-state index in [4.69, 9.17) is 9.47 Å². The SMILES string of the molecule is CCOc1ccccc1CCC(=O)Nc1ccc2c(c1)NC(=O)CO2. The summed E-state index contributed by atoms with van der Waals surface area (Å²) >= 11 is 0. The van der Waals surface area contributed by atoms with Gasteiger partial charge in [-0.15, -0.1) is 0 Å². The molecule has 0 radical (unpaired) electrons. The van der Waals surface area contributed by atoms with Crippen molar-refractivity contribution in [1.29, 1.82) is 0 Å². The molecule has 130 valence electrons. The number of rotatable bonds is 6. The van der Waals surface area contributed by atoms with Gasteiger partial charge in [0.2, 0.25) is 5.91 Å². The Bertz CT molecular complexity index is 789. The van der Waals surface area contributed by atoms with Gasteiger partial charge in [0, 0.05) is 12.1 Å². The predicted molar refractivity (Wildman–Crippen MR) is 95.1 cm³/mol. The molecule has 2 aromatic carbocycles. The highest BCUT2D eigenvalue weighted by Gasteiger charge is 2.16. The minimum Gasteiger partial charge on any atom is -0.494 e. The highest BCUT2D eigenvalue weighted by atomic mass is 16.5. The van der Waals surface area contributed by atoms with Crippen LogP contribution in [0.25, 0.3) is 0 Å². The Morgan fingerprint density at radius 2 is 2.12 bits per heavy atom. The molecule has 6 nitrogen and oxygen atoms in total. The number of amides is 2. The number of hydrogen-bond donors (Lipinski definition) is 2. The Kier molecular flexibility index (Phi) is 5.18. The van der Waals surface area contributed by atoms with Crippen LogP contribution in [-0.2, 0) is 16.0 Å². The zero-order valence-electron chi connectivity index (χ0n) is 14.0. The Labute approximate surface area is 146 Å². The summed E-state index contributed by atoms with van der Waals surface area (Å²) in [5, 5.41) is 5.56. The van der Waals surface area contributed by atoms with Crippen molar-refractivity contribution >= 4 is 23.2 Å². The first kappa shape index (κ1) is 16.8. The second-order valence-corrected chi connectivity index (χ2v) is 5.64. The summed E-state index contributed by atoms with van der Waals surface area (Å²) in [5.41, 5.74) is 2.19. The largest absolute Gasteiger partial charge is 0.494 e. The molecule has 25 heavy (non-hydrogen) atoms. The molecule has 6 heteroatoms. The minimum atomic E-state index is -0.205. The Morgan fingerprint density at radius 3 is 2.96 bits per heavy atom. The van der Waals surface area contributed by atoms with E-state index in [1.807, 2.05) is 31.2 Å². The van der Waals surface area contributed by atoms with E-state index >= 15 is 0 Å². The van der Waals surface area contributed by atoms with Crippen molar-refractivity contribution < 1.29 is 19.1 Å². The third kappa shape index (κ3) is 4.29. The predicted octanol–water partition coefficient (Wildman–Crippen LogP) is 2.99. The molecule has 0 aliphatic carbocycles. The van der Waals surface area contributed by atoms with Crippen LogP contribution in [0, 0.1) is 0 Å². The van der Waals surface area contributed by atoms with Crippen LogP contribution in [0.1, 0.15) is 18.9 Å². The van der Waals surface area contributed by atoms with Crippen molar-refractivity contribution in [1.82, 2.24) is 0 Å². The lowest BCUT2D eigenvalue weighted by Crippen LogP contribution is -2.25. The van der Waals surface area contributed by atoms with Crippen LogP contribution < -0.4 is 20.1 Å². The lowest BCUT2D eigenvalue weighted by Gasteiger charge is -2.18. The molecule has 2 aromatic rings. The number of carbonyl (C=O) groups is 2. The molecular weight excluding hydrogens is 320 g/mol. The second kappa shape index (κ2) is 7.70. The number of para-hydroxylation sites is 1. The molecule has 2 N–H and O–H groups in total. The highest BCUT2D eigenvalue weighted by molar-refractivity contribution is 5.97. The summed E-state index contributed by atoms with van der Waals surface area (Å²) in [6.45, 7) is 2.53. The third-order valence-corrected chi connectivity index (χ3v) is 3.79. The van der Waals surface area contributed by atoms with Crippen molar-refractivity contribution in [2.24, 2.45) is 0 Å². The van der Waals surface area contributed by atoms with E-state index in [-0.39, 0.29) is 18.4 Å². The molecule has 1 aliphatic rings. The van der Waals surface area contributed by atoms with Crippen molar-refractivity contribution in [3.63, 3.8) is 0 Å². The van der Waals surface area contributed by atoms with Crippen LogP contribution in [-0.4, -0.2) is 25.0 Å². The lowest BCUT2D eigenvalue weighted by atomic mass is 10.1. The second-order valence-electron chi connectivity index (χ2n) is 5.64. The zero-order valence-corrected chi connectivity index (χ0v) is 14.0. The van der Waals surface area contributed by atoms with Crippen molar-refractivity contribution in [2.45, 2.75) is 19.8 Å². The summed E-state index contributed by atoms with van der Waals surface area (Å²) in [7, 11) is 0. The maximum atomic E-state index is 12.2. The fourth-order valence-corrected chi connectivity index (χ4v) is 2.64. The molecule has 0 saturated carbocycles. The van der Waals surface area contributed by atoms with E-state index in [0.29, 0.717) is 36.6 Å². The Hall–Kier alpha value is -3.02. The summed E-state index contributed by atoms with van der Waals surface area (Å²) in [6, 6.07) is 12.9. The molecule has 0 spiro atoms. The number of ether oxygens (including phenoxy) is 2. The van der Waals surface area contributed by atoms with E-state index < -0.39 is 0 Å². The monoisotopic (exact) mass is 340 g/mol. The molecular formula is C19H20N2O4. The van der Waals surface area contributed by atoms with E-state index in [1.165, 1.54) is 0 Å². The van der Waals surface area contributed by atoms with Crippen LogP contribution in [0.3, 0.4) is 0 Å². The lowest BCUT2D eigenvalue weighted by molar-refractivity contribution is -0.118. The first-order chi connectivity index (χ1) is 12.2. The van der Waals surface area contributed by atoms with Crippen LogP contribution in [0.2, 0.25) is 0 Å². The number of benzene rings is 2. The molecule has 3 rings (SSSR count). The maximum Gasteiger partial charge on any atom is 0.262 e. The van der Waals surface area contributed by atoms with Gasteiger partial charge in [-0.05, 0) is 43.2 Å². The van der Waals surface area contributed by atoms with Gasteiger partial charge in [-0.2, -0.15) is 0 Å². The average Bonchev–Trinajstić information content (AvgIpc) is 2.61. The van der Waals surface area contributed by atoms with Crippen molar-refractivity contribution in [3.05, 3.63) is 48.0 Å². The number of nitrogens with one attached hydrogen (secondary N) is 2. The third-order valence-electron chi connectivity index (χ3n) is 3.79. The van der Waals surface area contributed by atoms with E-state index in [2.05, 4.69) is 10.6 Å². The zero-order chi connectivity index (χ0) is 17.6. The molecule has 0 bridgehead atoms. The summed E-state index contributed by atoms with van der Waals surface area (Å²) < 4.78 is 10.9. The van der Waals surface area contributed by atoms with Gasteiger partial charge in [0.05, 0.1) is 12.3 Å². The molecule has 0 fully saturated rings. The van der Waals surface area contributed by atoms with Gasteiger partial charge in [0.25, 0.3) is 5.91 Å². The smallest absolute Gasteiger partial charge is 0.262 e. The Morgan fingerprint density at radius 1 is 1.28 bits per heavy atom. The van der Waals surface area contributed by atoms with Gasteiger partial charge in [0.1, 0.15) is 11.5 Å². The van der Waals surface area contributed by atoms with Gasteiger partial charge in [-0.3, -0.25) is 9.59 Å². The Balaban J connectivity index is 1.60. The maximum absolute atomic E-state index is 12.2. The fourth-order valence-electron chi connectivity index (χ4n) is 2.64. The molecule has 1 aliphatic heterocycles. The quantitative estimate of drug-likeness (QED) is 0.847. The number of aryl methyl sites for hydroxylation is 1. The van der Waals surface area contributed by atoms with Gasteiger partial charge < -0.3 is 20.1 Å². The number of anilines is 2. The van der Waals surface area contributed by atoms with Crippen LogP contribution >= 0.6 is 0 Å². The normalized spacial score (nSPS) is 12.6. The molecule has 0 saturated heterocycles. The van der Waals surface area contributed by atoms with Crippen LogP contribution in [0.15, 0.2) is 42.5 Å². The first-order valence-corrected chi connectivity index (χ1v) is 8.23. The average molecular weight is 340 g/mol. The standard InChI is InChI=1S/C19H20N2O4/c1-2-24-16-6-4-3-5-13(16)7-10-18(22)20-14-8-9-17-15(11-14)21-19(23)12-25-17/h3-6,8-9,11H,2,7,10,12H2,1H3,(H,20,22)(H,21,23). The van der Waals surface area contributed by atoms with E-state index in [0.717, 1.165) is 11.3 Å². The number of hydrogen-bond acceptors (Lipinski definition) is 4. The van der Waals surface area contributed by atoms with Gasteiger partial charge in [0.15, 0.2) is 6.61 Å². The molecule has 2 amide bonds. The van der Waals surface area contributed by atoms with E-state index in [1.54, 1.807) is 18.2 Å². The fraction of sp³-hybridized carbons (Fsp3) is 0.263. The van der Waals surface area contributed by atoms with Crippen molar-refractivity contribution in [3.8, 4) is 11.5 Å². The first-order valence-electron chi connectivity index (χ1n) is 8.23. The summed E-state index contributed by atoms with van der Waals surface area (Å²) in [4.78, 5) is 23.6. The molecule has 0 unspecified atom stereocenters. The van der Waals surface area contributed by atoms with Gasteiger partial charge in [-0.1, -0.05) is 18.2 Å².